The fourth-order valence-electron chi connectivity index (χ4n) is 5.59. The number of fused-ring (bicyclic) bond motifs is 2. The zero-order valence-electron chi connectivity index (χ0n) is 24.2. The number of aromatic nitrogens is 6. The van der Waals surface area contributed by atoms with Crippen LogP contribution < -0.4 is 5.32 Å². The number of rotatable bonds is 8. The number of nitrogens with one attached hydrogen (secondary N) is 1. The van der Waals surface area contributed by atoms with Crippen LogP contribution in [0, 0.1) is 19.7 Å². The van der Waals surface area contributed by atoms with E-state index in [4.69, 9.17) is 4.98 Å². The van der Waals surface area contributed by atoms with Gasteiger partial charge in [-0.3, -0.25) is 15.0 Å². The lowest BCUT2D eigenvalue weighted by atomic mass is 10.0. The van der Waals surface area contributed by atoms with Crippen LogP contribution >= 0.6 is 0 Å². The van der Waals surface area contributed by atoms with E-state index in [2.05, 4.69) is 52.1 Å². The van der Waals surface area contributed by atoms with Crippen molar-refractivity contribution >= 4 is 33.5 Å². The minimum absolute atomic E-state index is 0.298. The summed E-state index contributed by atoms with van der Waals surface area (Å²) in [5, 5.41) is 11.9. The molecule has 4 heterocycles. The summed E-state index contributed by atoms with van der Waals surface area (Å²) in [5.74, 6) is -0.298. The average molecular weight is 558 g/mol. The molecule has 0 saturated carbocycles. The molecule has 6 rings (SSSR count). The Balaban J connectivity index is 1.27. The van der Waals surface area contributed by atoms with Crippen LogP contribution in [0.5, 0.6) is 0 Å². The number of nitrogens with zero attached hydrogens (tertiary/aromatic N) is 6. The molecule has 210 valence electrons. The van der Waals surface area contributed by atoms with Crippen molar-refractivity contribution in [3.8, 4) is 5.69 Å². The summed E-state index contributed by atoms with van der Waals surface area (Å²) in [5.41, 5.74) is 11.8. The summed E-state index contributed by atoms with van der Waals surface area (Å²) >= 11 is 0. The first kappa shape index (κ1) is 27.2. The normalized spacial score (nSPS) is 11.4. The molecule has 0 fully saturated rings. The molecule has 1 N–H and O–H groups in total. The molecule has 0 aliphatic carbocycles. The van der Waals surface area contributed by atoms with Gasteiger partial charge in [-0.15, -0.1) is 5.10 Å². The van der Waals surface area contributed by atoms with Crippen molar-refractivity contribution in [3.63, 3.8) is 0 Å². The van der Waals surface area contributed by atoms with E-state index >= 15 is 4.39 Å². The van der Waals surface area contributed by atoms with Crippen molar-refractivity contribution < 1.29 is 4.39 Å². The second-order valence-electron chi connectivity index (χ2n) is 10.4. The standard InChI is InChI=1S/C34H32FN7/c1-6-23-17-30-34(39-28(23)7-2)25(14-15-36-30)16-24-12-13-26(18-27(24)35)38-22(5)33-20(3)32(19-37-21(33)4)42-31-11-9-8-10-29(31)40-41-42/h8-15,17-19,38H,5-7,16H2,1-4H3. The molecule has 0 aliphatic heterocycles. The predicted molar refractivity (Wildman–Crippen MR) is 166 cm³/mol. The van der Waals surface area contributed by atoms with Gasteiger partial charge in [0, 0.05) is 41.0 Å². The van der Waals surface area contributed by atoms with E-state index in [1.54, 1.807) is 17.1 Å². The Morgan fingerprint density at radius 3 is 2.55 bits per heavy atom. The molecule has 4 aromatic heterocycles. The van der Waals surface area contributed by atoms with E-state index in [0.717, 1.165) is 68.7 Å². The number of halogens is 1. The van der Waals surface area contributed by atoms with Gasteiger partial charge in [0.2, 0.25) is 0 Å². The van der Waals surface area contributed by atoms with Gasteiger partial charge in [-0.25, -0.2) is 9.07 Å². The van der Waals surface area contributed by atoms with Crippen LogP contribution in [-0.2, 0) is 19.3 Å². The summed E-state index contributed by atoms with van der Waals surface area (Å²) < 4.78 is 17.3. The number of hydrogen-bond acceptors (Lipinski definition) is 6. The monoisotopic (exact) mass is 557 g/mol. The van der Waals surface area contributed by atoms with Crippen LogP contribution in [0.3, 0.4) is 0 Å². The Bertz CT molecular complexity index is 1980. The molecular weight excluding hydrogens is 525 g/mol. The second-order valence-corrected chi connectivity index (χ2v) is 10.4. The maximum absolute atomic E-state index is 15.5. The van der Waals surface area contributed by atoms with Crippen molar-refractivity contribution in [1.82, 2.24) is 29.9 Å². The SMILES string of the molecule is C=C(Nc1ccc(Cc2ccnc3cc(CC)c(CC)nc23)c(F)c1)c1c(C)ncc(-n2nnc3ccccc32)c1C. The summed E-state index contributed by atoms with van der Waals surface area (Å²) in [4.78, 5) is 14.1. The number of anilines is 1. The van der Waals surface area contributed by atoms with Crippen LogP contribution in [0.15, 0.2) is 73.6 Å². The lowest BCUT2D eigenvalue weighted by molar-refractivity contribution is 0.614. The molecule has 42 heavy (non-hydrogen) atoms. The van der Waals surface area contributed by atoms with Crippen LogP contribution in [0.4, 0.5) is 10.1 Å². The highest BCUT2D eigenvalue weighted by Gasteiger charge is 2.17. The van der Waals surface area contributed by atoms with Crippen LogP contribution in [-0.4, -0.2) is 29.9 Å². The maximum Gasteiger partial charge on any atom is 0.128 e. The van der Waals surface area contributed by atoms with Gasteiger partial charge < -0.3 is 5.32 Å². The molecule has 8 heteroatoms. The Hall–Kier alpha value is -4.98. The molecule has 2 aromatic carbocycles. The summed E-state index contributed by atoms with van der Waals surface area (Å²) in [6, 6.07) is 17.0. The highest BCUT2D eigenvalue weighted by molar-refractivity contribution is 5.82. The second kappa shape index (κ2) is 11.1. The van der Waals surface area contributed by atoms with Gasteiger partial charge in [0.25, 0.3) is 0 Å². The fourth-order valence-corrected chi connectivity index (χ4v) is 5.59. The molecule has 6 aromatic rings. The molecule has 0 unspecified atom stereocenters. The van der Waals surface area contributed by atoms with Crippen molar-refractivity contribution in [2.24, 2.45) is 0 Å². The van der Waals surface area contributed by atoms with Gasteiger partial charge in [-0.1, -0.05) is 43.8 Å². The number of para-hydroxylation sites is 1. The van der Waals surface area contributed by atoms with E-state index < -0.39 is 0 Å². The third-order valence-corrected chi connectivity index (χ3v) is 7.79. The van der Waals surface area contributed by atoms with Gasteiger partial charge in [-0.2, -0.15) is 0 Å². The molecule has 0 aliphatic rings. The quantitative estimate of drug-likeness (QED) is 0.211. The number of benzene rings is 2. The fraction of sp³-hybridized carbons (Fsp3) is 0.206. The topological polar surface area (TPSA) is 81.4 Å². The molecule has 0 amide bonds. The van der Waals surface area contributed by atoms with E-state index in [0.29, 0.717) is 23.4 Å². The zero-order chi connectivity index (χ0) is 29.4. The van der Waals surface area contributed by atoms with Crippen molar-refractivity contribution in [2.45, 2.75) is 47.0 Å². The first-order valence-corrected chi connectivity index (χ1v) is 14.2. The molecule has 0 bridgehead atoms. The van der Waals surface area contributed by atoms with Gasteiger partial charge in [0.15, 0.2) is 0 Å². The summed E-state index contributed by atoms with van der Waals surface area (Å²) in [7, 11) is 0. The predicted octanol–water partition coefficient (Wildman–Crippen LogP) is 7.31. The van der Waals surface area contributed by atoms with Gasteiger partial charge >= 0.3 is 0 Å². The highest BCUT2D eigenvalue weighted by atomic mass is 19.1. The Kier molecular flexibility index (Phi) is 7.20. The van der Waals surface area contributed by atoms with Crippen molar-refractivity contribution in [2.75, 3.05) is 5.32 Å². The highest BCUT2D eigenvalue weighted by Crippen LogP contribution is 2.29. The molecule has 0 radical (unpaired) electrons. The average Bonchev–Trinajstić information content (AvgIpc) is 3.42. The molecule has 0 spiro atoms. The van der Waals surface area contributed by atoms with Crippen LogP contribution in [0.25, 0.3) is 33.5 Å². The van der Waals surface area contributed by atoms with E-state index in [1.807, 2.05) is 56.3 Å². The van der Waals surface area contributed by atoms with Crippen LogP contribution in [0.1, 0.15) is 53.1 Å². The van der Waals surface area contributed by atoms with Crippen molar-refractivity contribution in [3.05, 3.63) is 119 Å². The maximum atomic E-state index is 15.5. The molecule has 0 saturated heterocycles. The zero-order valence-corrected chi connectivity index (χ0v) is 24.2. The third kappa shape index (κ3) is 4.89. The van der Waals surface area contributed by atoms with E-state index in [9.17, 15) is 0 Å². The number of hydrogen-bond donors (Lipinski definition) is 1. The first-order valence-electron chi connectivity index (χ1n) is 14.2. The smallest absolute Gasteiger partial charge is 0.128 e. The third-order valence-electron chi connectivity index (χ3n) is 7.79. The van der Waals surface area contributed by atoms with Gasteiger partial charge in [-0.05, 0) is 85.3 Å². The minimum atomic E-state index is -0.298. The Morgan fingerprint density at radius 2 is 1.76 bits per heavy atom. The Morgan fingerprint density at radius 1 is 0.929 bits per heavy atom. The lowest BCUT2D eigenvalue weighted by Crippen LogP contribution is -2.09. The van der Waals surface area contributed by atoms with Gasteiger partial charge in [0.05, 0.1) is 28.4 Å². The molecule has 7 nitrogen and oxygen atoms in total. The van der Waals surface area contributed by atoms with Gasteiger partial charge in [0.1, 0.15) is 11.3 Å². The lowest BCUT2D eigenvalue weighted by Gasteiger charge is -2.18. The first-order chi connectivity index (χ1) is 20.4. The van der Waals surface area contributed by atoms with E-state index in [1.165, 1.54) is 11.6 Å². The molecule has 0 atom stereocenters. The number of pyridine rings is 3. The minimum Gasteiger partial charge on any atom is -0.355 e. The summed E-state index contributed by atoms with van der Waals surface area (Å²) in [6.45, 7) is 12.4. The number of aryl methyl sites for hydroxylation is 3. The van der Waals surface area contributed by atoms with E-state index in [-0.39, 0.29) is 5.82 Å². The summed E-state index contributed by atoms with van der Waals surface area (Å²) in [6.07, 6.45) is 5.74. The van der Waals surface area contributed by atoms with Crippen molar-refractivity contribution in [1.29, 1.82) is 0 Å². The van der Waals surface area contributed by atoms with Crippen LogP contribution in [0.2, 0.25) is 0 Å². The molecular formula is C34H32FN7. The largest absolute Gasteiger partial charge is 0.355 e. The Labute approximate surface area is 244 Å².